The van der Waals surface area contributed by atoms with Gasteiger partial charge < -0.3 is 19.4 Å². The standard InChI is InChI=1S/C21H22N4O3/c1-15-4-6-16(7-5-15)20-24-19(14-28-20)21(26)25-10-9-23-11-17(25)13-27-18-3-2-8-22-12-18/h2-8,12,14,17,23H,9-11,13H2,1H3. The molecule has 1 fully saturated rings. The fourth-order valence-corrected chi connectivity index (χ4v) is 3.15. The van der Waals surface area contributed by atoms with Crippen LogP contribution in [0.15, 0.2) is 59.5 Å². The first kappa shape index (κ1) is 18.2. The van der Waals surface area contributed by atoms with Crippen LogP contribution in [0.1, 0.15) is 16.1 Å². The minimum absolute atomic E-state index is 0.0963. The molecule has 4 rings (SSSR count). The molecule has 3 aromatic rings. The van der Waals surface area contributed by atoms with Gasteiger partial charge >= 0.3 is 0 Å². The molecule has 1 N–H and O–H groups in total. The van der Waals surface area contributed by atoms with E-state index in [2.05, 4.69) is 15.3 Å². The summed E-state index contributed by atoms with van der Waals surface area (Å²) in [5.41, 5.74) is 2.31. The van der Waals surface area contributed by atoms with Crippen LogP contribution in [0, 0.1) is 6.92 Å². The van der Waals surface area contributed by atoms with Crippen LogP contribution in [0.5, 0.6) is 5.75 Å². The van der Waals surface area contributed by atoms with Crippen LogP contribution in [-0.4, -0.2) is 53.1 Å². The van der Waals surface area contributed by atoms with E-state index in [-0.39, 0.29) is 11.9 Å². The lowest BCUT2D eigenvalue weighted by molar-refractivity contribution is 0.0553. The Hall–Kier alpha value is -3.19. The lowest BCUT2D eigenvalue weighted by Crippen LogP contribution is -2.56. The summed E-state index contributed by atoms with van der Waals surface area (Å²) in [6.45, 7) is 4.39. The molecule has 0 radical (unpaired) electrons. The van der Waals surface area contributed by atoms with E-state index in [0.717, 1.165) is 17.7 Å². The second kappa shape index (κ2) is 8.22. The van der Waals surface area contributed by atoms with Gasteiger partial charge in [0.2, 0.25) is 5.89 Å². The van der Waals surface area contributed by atoms with Crippen molar-refractivity contribution in [1.29, 1.82) is 0 Å². The number of rotatable bonds is 5. The van der Waals surface area contributed by atoms with Crippen LogP contribution < -0.4 is 10.1 Å². The number of nitrogens with one attached hydrogen (secondary N) is 1. The molecule has 28 heavy (non-hydrogen) atoms. The molecule has 1 unspecified atom stereocenters. The summed E-state index contributed by atoms with van der Waals surface area (Å²) in [5.74, 6) is 0.980. The average Bonchev–Trinajstić information content (AvgIpc) is 3.23. The predicted molar refractivity (Wildman–Crippen MR) is 104 cm³/mol. The minimum atomic E-state index is -0.150. The molecule has 0 aliphatic carbocycles. The summed E-state index contributed by atoms with van der Waals surface area (Å²) in [7, 11) is 0. The third kappa shape index (κ3) is 4.04. The number of carbonyl (C=O) groups excluding carboxylic acids is 1. The van der Waals surface area contributed by atoms with E-state index in [4.69, 9.17) is 9.15 Å². The molecule has 0 saturated carbocycles. The third-order valence-corrected chi connectivity index (χ3v) is 4.71. The summed E-state index contributed by atoms with van der Waals surface area (Å²) in [6.07, 6.45) is 4.79. The Morgan fingerprint density at radius 2 is 2.18 bits per heavy atom. The number of hydrogen-bond donors (Lipinski definition) is 1. The molecule has 3 heterocycles. The minimum Gasteiger partial charge on any atom is -0.490 e. The zero-order chi connectivity index (χ0) is 19.3. The van der Waals surface area contributed by atoms with Crippen molar-refractivity contribution in [2.24, 2.45) is 0 Å². The second-order valence-electron chi connectivity index (χ2n) is 6.76. The van der Waals surface area contributed by atoms with Gasteiger partial charge in [-0.25, -0.2) is 4.98 Å². The molecule has 7 nitrogen and oxygen atoms in total. The van der Waals surface area contributed by atoms with Crippen molar-refractivity contribution in [3.8, 4) is 17.2 Å². The van der Waals surface area contributed by atoms with Crippen molar-refractivity contribution < 1.29 is 13.9 Å². The lowest BCUT2D eigenvalue weighted by atomic mass is 10.1. The summed E-state index contributed by atoms with van der Waals surface area (Å²) < 4.78 is 11.4. The van der Waals surface area contributed by atoms with Gasteiger partial charge in [-0.3, -0.25) is 9.78 Å². The normalized spacial score (nSPS) is 16.8. The Balaban J connectivity index is 1.46. The van der Waals surface area contributed by atoms with Crippen LogP contribution in [0.3, 0.4) is 0 Å². The van der Waals surface area contributed by atoms with Crippen LogP contribution in [-0.2, 0) is 0 Å². The molecule has 1 aliphatic heterocycles. The number of amides is 1. The third-order valence-electron chi connectivity index (χ3n) is 4.71. The number of piperazine rings is 1. The molecule has 1 aliphatic rings. The van der Waals surface area contributed by atoms with Gasteiger partial charge in [0.1, 0.15) is 18.6 Å². The van der Waals surface area contributed by atoms with E-state index in [1.807, 2.05) is 43.3 Å². The number of aromatic nitrogens is 2. The van der Waals surface area contributed by atoms with Gasteiger partial charge in [0, 0.05) is 31.4 Å². The molecule has 1 amide bonds. The van der Waals surface area contributed by atoms with E-state index in [1.165, 1.54) is 6.26 Å². The molecule has 0 bridgehead atoms. The van der Waals surface area contributed by atoms with Gasteiger partial charge in [-0.1, -0.05) is 17.7 Å². The summed E-state index contributed by atoms with van der Waals surface area (Å²) >= 11 is 0. The van der Waals surface area contributed by atoms with E-state index >= 15 is 0 Å². The molecular formula is C21H22N4O3. The van der Waals surface area contributed by atoms with E-state index in [1.54, 1.807) is 17.3 Å². The van der Waals surface area contributed by atoms with E-state index in [0.29, 0.717) is 37.0 Å². The van der Waals surface area contributed by atoms with Crippen molar-refractivity contribution in [3.05, 3.63) is 66.3 Å². The van der Waals surface area contributed by atoms with E-state index in [9.17, 15) is 4.79 Å². The number of carbonyl (C=O) groups is 1. The SMILES string of the molecule is Cc1ccc(-c2nc(C(=O)N3CCNCC3COc3cccnc3)co2)cc1. The maximum atomic E-state index is 13.0. The van der Waals surface area contributed by atoms with Gasteiger partial charge in [0.05, 0.1) is 12.2 Å². The Labute approximate surface area is 163 Å². The first-order valence-corrected chi connectivity index (χ1v) is 9.28. The number of nitrogens with zero attached hydrogens (tertiary/aromatic N) is 3. The summed E-state index contributed by atoms with van der Waals surface area (Å²) in [4.78, 5) is 23.3. The fourth-order valence-electron chi connectivity index (χ4n) is 3.15. The zero-order valence-electron chi connectivity index (χ0n) is 15.7. The number of pyridine rings is 1. The average molecular weight is 378 g/mol. The first-order chi connectivity index (χ1) is 13.7. The molecule has 7 heteroatoms. The highest BCUT2D eigenvalue weighted by molar-refractivity contribution is 5.92. The Morgan fingerprint density at radius 1 is 1.32 bits per heavy atom. The van der Waals surface area contributed by atoms with Crippen LogP contribution in [0.25, 0.3) is 11.5 Å². The molecule has 1 aromatic carbocycles. The number of hydrogen-bond acceptors (Lipinski definition) is 6. The monoisotopic (exact) mass is 378 g/mol. The van der Waals surface area contributed by atoms with Gasteiger partial charge in [0.25, 0.3) is 5.91 Å². The highest BCUT2D eigenvalue weighted by atomic mass is 16.5. The van der Waals surface area contributed by atoms with Gasteiger partial charge in [-0.2, -0.15) is 0 Å². The van der Waals surface area contributed by atoms with Crippen LogP contribution >= 0.6 is 0 Å². The molecular weight excluding hydrogens is 356 g/mol. The second-order valence-corrected chi connectivity index (χ2v) is 6.76. The predicted octanol–water partition coefficient (Wildman–Crippen LogP) is 2.54. The van der Waals surface area contributed by atoms with Crippen molar-refractivity contribution in [1.82, 2.24) is 20.2 Å². The quantitative estimate of drug-likeness (QED) is 0.735. The van der Waals surface area contributed by atoms with Crippen molar-refractivity contribution in [2.75, 3.05) is 26.2 Å². The molecule has 0 spiro atoms. The highest BCUT2D eigenvalue weighted by Crippen LogP contribution is 2.21. The number of oxazole rings is 1. The first-order valence-electron chi connectivity index (χ1n) is 9.28. The number of ether oxygens (including phenoxy) is 1. The number of benzene rings is 1. The topological polar surface area (TPSA) is 80.5 Å². The zero-order valence-corrected chi connectivity index (χ0v) is 15.7. The highest BCUT2D eigenvalue weighted by Gasteiger charge is 2.30. The van der Waals surface area contributed by atoms with Crippen molar-refractivity contribution >= 4 is 5.91 Å². The number of aryl methyl sites for hydroxylation is 1. The largest absolute Gasteiger partial charge is 0.490 e. The Bertz CT molecular complexity index is 924. The van der Waals surface area contributed by atoms with Crippen LogP contribution in [0.2, 0.25) is 0 Å². The fraction of sp³-hybridized carbons (Fsp3) is 0.286. The molecule has 1 saturated heterocycles. The van der Waals surface area contributed by atoms with Gasteiger partial charge in [-0.15, -0.1) is 0 Å². The van der Waals surface area contributed by atoms with Gasteiger partial charge in [0.15, 0.2) is 5.69 Å². The maximum Gasteiger partial charge on any atom is 0.276 e. The Kier molecular flexibility index (Phi) is 5.34. The maximum absolute atomic E-state index is 13.0. The van der Waals surface area contributed by atoms with Crippen molar-refractivity contribution in [3.63, 3.8) is 0 Å². The Morgan fingerprint density at radius 3 is 2.96 bits per heavy atom. The van der Waals surface area contributed by atoms with Crippen LogP contribution in [0.4, 0.5) is 0 Å². The smallest absolute Gasteiger partial charge is 0.276 e. The van der Waals surface area contributed by atoms with Crippen molar-refractivity contribution in [2.45, 2.75) is 13.0 Å². The van der Waals surface area contributed by atoms with E-state index < -0.39 is 0 Å². The summed E-state index contributed by atoms with van der Waals surface area (Å²) in [6, 6.07) is 11.4. The summed E-state index contributed by atoms with van der Waals surface area (Å²) in [5, 5.41) is 3.31. The molecule has 1 atom stereocenters. The van der Waals surface area contributed by atoms with Gasteiger partial charge in [-0.05, 0) is 31.2 Å². The lowest BCUT2D eigenvalue weighted by Gasteiger charge is -2.35. The molecule has 2 aromatic heterocycles. The molecule has 144 valence electrons.